The number of nitrogens with one attached hydrogen (secondary N) is 1. The van der Waals surface area contributed by atoms with Gasteiger partial charge in [0.1, 0.15) is 5.75 Å². The molecule has 1 fully saturated rings. The molecule has 3 rings (SSSR count). The first kappa shape index (κ1) is 14.6. The number of hydrogen-bond donors (Lipinski definition) is 1. The van der Waals surface area contributed by atoms with E-state index in [1.165, 1.54) is 24.0 Å². The maximum Gasteiger partial charge on any atom is 0.123 e. The quantitative estimate of drug-likeness (QED) is 0.816. The lowest BCUT2D eigenvalue weighted by Crippen LogP contribution is -2.37. The van der Waals surface area contributed by atoms with Gasteiger partial charge in [0.25, 0.3) is 0 Å². The highest BCUT2D eigenvalue weighted by Gasteiger charge is 2.38. The third kappa shape index (κ3) is 2.87. The number of benzene rings is 1. The minimum absolute atomic E-state index is 0.318. The van der Waals surface area contributed by atoms with Gasteiger partial charge in [-0.05, 0) is 57.4 Å². The molecule has 0 heterocycles. The Kier molecular flexibility index (Phi) is 4.08. The van der Waals surface area contributed by atoms with Crippen LogP contribution in [0.25, 0.3) is 0 Å². The molecular weight excluding hydrogens is 258 g/mol. The predicted molar refractivity (Wildman–Crippen MR) is 87.6 cm³/mol. The van der Waals surface area contributed by atoms with Gasteiger partial charge in [-0.2, -0.15) is 0 Å². The van der Waals surface area contributed by atoms with E-state index >= 15 is 0 Å². The fourth-order valence-electron chi connectivity index (χ4n) is 4.20. The van der Waals surface area contributed by atoms with Crippen LogP contribution in [0.1, 0.15) is 43.9 Å². The Morgan fingerprint density at radius 3 is 2.62 bits per heavy atom. The highest BCUT2D eigenvalue weighted by atomic mass is 16.5. The van der Waals surface area contributed by atoms with E-state index in [0.717, 1.165) is 23.5 Å². The summed E-state index contributed by atoms with van der Waals surface area (Å²) in [5.41, 5.74) is 2.55. The van der Waals surface area contributed by atoms with Crippen LogP contribution >= 0.6 is 0 Å². The maximum absolute atomic E-state index is 5.53. The molecule has 2 aliphatic carbocycles. The Labute approximate surface area is 128 Å². The van der Waals surface area contributed by atoms with Crippen LogP contribution in [0.5, 0.6) is 5.75 Å². The maximum atomic E-state index is 5.53. The van der Waals surface area contributed by atoms with E-state index in [2.05, 4.69) is 56.4 Å². The van der Waals surface area contributed by atoms with Crippen LogP contribution in [0.4, 0.5) is 0 Å². The summed E-state index contributed by atoms with van der Waals surface area (Å²) in [6, 6.07) is 7.29. The number of methoxy groups -OCH3 is 1. The molecule has 5 unspecified atom stereocenters. The Bertz CT molecular complexity index is 536. The van der Waals surface area contributed by atoms with Crippen LogP contribution in [0.15, 0.2) is 30.4 Å². The summed E-state index contributed by atoms with van der Waals surface area (Å²) < 4.78 is 5.53. The molecule has 1 N–H and O–H groups in total. The molecule has 1 saturated carbocycles. The zero-order valence-corrected chi connectivity index (χ0v) is 13.6. The molecule has 114 valence electrons. The van der Waals surface area contributed by atoms with Crippen LogP contribution in [0.3, 0.4) is 0 Å². The van der Waals surface area contributed by atoms with Crippen LogP contribution in [-0.4, -0.2) is 13.2 Å². The van der Waals surface area contributed by atoms with Gasteiger partial charge in [-0.3, -0.25) is 0 Å². The first-order chi connectivity index (χ1) is 10.1. The van der Waals surface area contributed by atoms with E-state index in [4.69, 9.17) is 4.74 Å². The van der Waals surface area contributed by atoms with Crippen molar-refractivity contribution in [1.29, 1.82) is 0 Å². The Morgan fingerprint density at radius 1 is 1.19 bits per heavy atom. The molecule has 2 heteroatoms. The lowest BCUT2D eigenvalue weighted by atomic mass is 9.87. The summed E-state index contributed by atoms with van der Waals surface area (Å²) >= 11 is 0. The Hall–Kier alpha value is -1.28. The van der Waals surface area contributed by atoms with E-state index in [9.17, 15) is 0 Å². The van der Waals surface area contributed by atoms with Crippen molar-refractivity contribution in [3.05, 3.63) is 41.5 Å². The standard InChI is InChI=1S/C19H27NO/c1-12-5-8-19(21-4)18(9-12)14(3)20-13(2)17-11-15-6-7-16(17)10-15/h5-9,13-17,20H,10-11H2,1-4H3. The molecule has 0 amide bonds. The molecule has 2 bridgehead atoms. The van der Waals surface area contributed by atoms with Crippen molar-refractivity contribution < 1.29 is 4.74 Å². The molecule has 1 aromatic rings. The van der Waals surface area contributed by atoms with Gasteiger partial charge in [-0.25, -0.2) is 0 Å². The molecule has 21 heavy (non-hydrogen) atoms. The van der Waals surface area contributed by atoms with E-state index in [1.54, 1.807) is 7.11 Å². The highest BCUT2D eigenvalue weighted by Crippen LogP contribution is 2.45. The summed E-state index contributed by atoms with van der Waals surface area (Å²) in [7, 11) is 1.75. The molecule has 1 aromatic carbocycles. The molecule has 0 aromatic heterocycles. The lowest BCUT2D eigenvalue weighted by Gasteiger charge is -2.30. The summed E-state index contributed by atoms with van der Waals surface area (Å²) in [6.45, 7) is 6.73. The molecule has 2 nitrogen and oxygen atoms in total. The van der Waals surface area contributed by atoms with Gasteiger partial charge < -0.3 is 10.1 Å². The van der Waals surface area contributed by atoms with Crippen molar-refractivity contribution in [1.82, 2.24) is 5.32 Å². The highest BCUT2D eigenvalue weighted by molar-refractivity contribution is 5.39. The normalized spacial score (nSPS) is 29.6. The number of fused-ring (bicyclic) bond motifs is 2. The van der Waals surface area contributed by atoms with Gasteiger partial charge >= 0.3 is 0 Å². The van der Waals surface area contributed by atoms with E-state index in [1.807, 2.05) is 0 Å². The van der Waals surface area contributed by atoms with Crippen LogP contribution in [0.2, 0.25) is 0 Å². The second-order valence-electron chi connectivity index (χ2n) is 6.87. The van der Waals surface area contributed by atoms with E-state index in [-0.39, 0.29) is 0 Å². The van der Waals surface area contributed by atoms with Crippen LogP contribution in [0, 0.1) is 24.7 Å². The zero-order valence-electron chi connectivity index (χ0n) is 13.6. The summed E-state index contributed by atoms with van der Waals surface area (Å²) in [5.74, 6) is 3.41. The minimum atomic E-state index is 0.318. The van der Waals surface area contributed by atoms with Gasteiger partial charge in [-0.1, -0.05) is 29.8 Å². The van der Waals surface area contributed by atoms with Gasteiger partial charge in [-0.15, -0.1) is 0 Å². The Balaban J connectivity index is 1.70. The topological polar surface area (TPSA) is 21.3 Å². The van der Waals surface area contributed by atoms with Gasteiger partial charge in [0, 0.05) is 17.6 Å². The SMILES string of the molecule is COc1ccc(C)cc1C(C)NC(C)C1CC2C=CC1C2. The summed E-state index contributed by atoms with van der Waals surface area (Å²) in [4.78, 5) is 0. The minimum Gasteiger partial charge on any atom is -0.496 e. The molecule has 0 saturated heterocycles. The molecular formula is C19H27NO. The average Bonchev–Trinajstić information content (AvgIpc) is 3.09. The van der Waals surface area contributed by atoms with E-state index < -0.39 is 0 Å². The second-order valence-corrected chi connectivity index (χ2v) is 6.87. The van der Waals surface area contributed by atoms with Crippen molar-refractivity contribution >= 4 is 0 Å². The molecule has 0 aliphatic heterocycles. The number of ether oxygens (including phenoxy) is 1. The predicted octanol–water partition coefficient (Wildman–Crippen LogP) is 4.25. The zero-order chi connectivity index (χ0) is 15.0. The number of hydrogen-bond acceptors (Lipinski definition) is 2. The van der Waals surface area contributed by atoms with Crippen molar-refractivity contribution in [2.45, 2.75) is 45.7 Å². The second kappa shape index (κ2) is 5.84. The molecule has 2 aliphatic rings. The van der Waals surface area contributed by atoms with E-state index in [0.29, 0.717) is 12.1 Å². The van der Waals surface area contributed by atoms with Gasteiger partial charge in [0.15, 0.2) is 0 Å². The fraction of sp³-hybridized carbons (Fsp3) is 0.579. The number of allylic oxidation sites excluding steroid dienone is 2. The molecule has 0 radical (unpaired) electrons. The molecule has 0 spiro atoms. The summed E-state index contributed by atoms with van der Waals surface area (Å²) in [5, 5.41) is 3.81. The van der Waals surface area contributed by atoms with Crippen molar-refractivity contribution in [3.63, 3.8) is 0 Å². The fourth-order valence-corrected chi connectivity index (χ4v) is 4.20. The number of rotatable bonds is 5. The first-order valence-corrected chi connectivity index (χ1v) is 8.17. The Morgan fingerprint density at radius 2 is 2.00 bits per heavy atom. The largest absolute Gasteiger partial charge is 0.496 e. The van der Waals surface area contributed by atoms with Crippen molar-refractivity contribution in [2.24, 2.45) is 17.8 Å². The number of aryl methyl sites for hydroxylation is 1. The average molecular weight is 285 g/mol. The van der Waals surface area contributed by atoms with Crippen molar-refractivity contribution in [3.8, 4) is 5.75 Å². The van der Waals surface area contributed by atoms with Gasteiger partial charge in [0.2, 0.25) is 0 Å². The summed E-state index contributed by atoms with van der Waals surface area (Å²) in [6.07, 6.45) is 7.58. The first-order valence-electron chi connectivity index (χ1n) is 8.17. The van der Waals surface area contributed by atoms with Crippen LogP contribution in [-0.2, 0) is 0 Å². The lowest BCUT2D eigenvalue weighted by molar-refractivity contribution is 0.303. The smallest absolute Gasteiger partial charge is 0.123 e. The monoisotopic (exact) mass is 285 g/mol. The molecule has 5 atom stereocenters. The van der Waals surface area contributed by atoms with Gasteiger partial charge in [0.05, 0.1) is 7.11 Å². The third-order valence-corrected chi connectivity index (χ3v) is 5.34. The van der Waals surface area contributed by atoms with Crippen molar-refractivity contribution in [2.75, 3.05) is 7.11 Å². The van der Waals surface area contributed by atoms with Crippen LogP contribution < -0.4 is 10.1 Å². The third-order valence-electron chi connectivity index (χ3n) is 5.34.